The molecule has 1 aromatic heterocycles. The summed E-state index contributed by atoms with van der Waals surface area (Å²) in [6, 6.07) is 18.1. The van der Waals surface area contributed by atoms with Gasteiger partial charge in [0.05, 0.1) is 0 Å². The van der Waals surface area contributed by atoms with Crippen molar-refractivity contribution in [1.82, 2.24) is 19.2 Å². The number of benzene rings is 2. The molecule has 0 saturated heterocycles. The molecular formula is C26H34ClN5OS. The summed E-state index contributed by atoms with van der Waals surface area (Å²) in [5.74, 6) is 0.943. The summed E-state index contributed by atoms with van der Waals surface area (Å²) >= 11 is 7.38. The highest BCUT2D eigenvalue weighted by atomic mass is 35.5. The highest BCUT2D eigenvalue weighted by molar-refractivity contribution is 7.09. The van der Waals surface area contributed by atoms with E-state index in [-0.39, 0.29) is 11.9 Å². The quantitative estimate of drug-likeness (QED) is 0.352. The second-order valence-electron chi connectivity index (χ2n) is 8.94. The Balaban J connectivity index is 1.64. The van der Waals surface area contributed by atoms with Crippen molar-refractivity contribution in [1.29, 1.82) is 0 Å². The van der Waals surface area contributed by atoms with Gasteiger partial charge in [-0.3, -0.25) is 4.79 Å². The maximum Gasteiger partial charge on any atom is 0.224 e. The van der Waals surface area contributed by atoms with Crippen molar-refractivity contribution in [2.24, 2.45) is 0 Å². The van der Waals surface area contributed by atoms with Gasteiger partial charge in [0, 0.05) is 61.6 Å². The Morgan fingerprint density at radius 2 is 1.68 bits per heavy atom. The molecule has 3 aromatic rings. The first-order chi connectivity index (χ1) is 16.3. The van der Waals surface area contributed by atoms with Gasteiger partial charge in [-0.2, -0.15) is 4.37 Å². The van der Waals surface area contributed by atoms with Crippen LogP contribution >= 0.6 is 23.1 Å². The molecule has 3 rings (SSSR count). The number of rotatable bonds is 12. The van der Waals surface area contributed by atoms with Gasteiger partial charge in [-0.15, -0.1) is 0 Å². The van der Waals surface area contributed by atoms with Gasteiger partial charge < -0.3 is 14.7 Å². The fourth-order valence-electron chi connectivity index (χ4n) is 3.58. The molecule has 2 aromatic carbocycles. The molecule has 0 saturated carbocycles. The fourth-order valence-corrected chi connectivity index (χ4v) is 4.55. The van der Waals surface area contributed by atoms with Crippen molar-refractivity contribution in [3.05, 3.63) is 76.6 Å². The highest BCUT2D eigenvalue weighted by Crippen LogP contribution is 2.22. The van der Waals surface area contributed by atoms with Crippen LogP contribution in [0.1, 0.15) is 37.2 Å². The second kappa shape index (κ2) is 12.8. The molecule has 0 aliphatic heterocycles. The van der Waals surface area contributed by atoms with E-state index < -0.39 is 0 Å². The summed E-state index contributed by atoms with van der Waals surface area (Å²) in [6.45, 7) is 7.01. The van der Waals surface area contributed by atoms with Crippen molar-refractivity contribution < 1.29 is 4.79 Å². The largest absolute Gasteiger partial charge is 0.344 e. The van der Waals surface area contributed by atoms with Gasteiger partial charge in [0.25, 0.3) is 0 Å². The van der Waals surface area contributed by atoms with E-state index in [2.05, 4.69) is 40.2 Å². The summed E-state index contributed by atoms with van der Waals surface area (Å²) < 4.78 is 4.56. The molecule has 1 heterocycles. The third-order valence-corrected chi connectivity index (χ3v) is 6.60. The molecule has 0 radical (unpaired) electrons. The van der Waals surface area contributed by atoms with E-state index in [1.54, 1.807) is 0 Å². The summed E-state index contributed by atoms with van der Waals surface area (Å²) in [6.07, 6.45) is 1.10. The minimum absolute atomic E-state index is 0.155. The van der Waals surface area contributed by atoms with Gasteiger partial charge in [-0.05, 0) is 51.2 Å². The first-order valence-corrected chi connectivity index (χ1v) is 12.8. The minimum Gasteiger partial charge on any atom is -0.344 e. The molecule has 0 bridgehead atoms. The highest BCUT2D eigenvalue weighted by Gasteiger charge is 2.20. The van der Waals surface area contributed by atoms with Crippen LogP contribution in [-0.2, 0) is 17.8 Å². The smallest absolute Gasteiger partial charge is 0.224 e. The van der Waals surface area contributed by atoms with Crippen molar-refractivity contribution in [3.63, 3.8) is 0 Å². The lowest BCUT2D eigenvalue weighted by Gasteiger charge is -2.28. The summed E-state index contributed by atoms with van der Waals surface area (Å²) in [5, 5.41) is 1.58. The number of aromatic nitrogens is 2. The van der Waals surface area contributed by atoms with Crippen LogP contribution in [0.25, 0.3) is 0 Å². The van der Waals surface area contributed by atoms with Crippen LogP contribution in [0.15, 0.2) is 54.6 Å². The zero-order chi connectivity index (χ0) is 24.5. The zero-order valence-electron chi connectivity index (χ0n) is 20.4. The van der Waals surface area contributed by atoms with Gasteiger partial charge in [0.15, 0.2) is 0 Å². The van der Waals surface area contributed by atoms with E-state index in [1.165, 1.54) is 11.5 Å². The average Bonchev–Trinajstić information content (AvgIpc) is 3.26. The fraction of sp³-hybridized carbons (Fsp3) is 0.423. The van der Waals surface area contributed by atoms with Crippen molar-refractivity contribution in [2.45, 2.75) is 39.3 Å². The Labute approximate surface area is 212 Å². The molecule has 0 unspecified atom stereocenters. The van der Waals surface area contributed by atoms with Gasteiger partial charge >= 0.3 is 0 Å². The van der Waals surface area contributed by atoms with E-state index in [0.717, 1.165) is 33.7 Å². The Kier molecular flexibility index (Phi) is 9.86. The van der Waals surface area contributed by atoms with E-state index in [9.17, 15) is 4.79 Å². The van der Waals surface area contributed by atoms with Crippen LogP contribution in [0.2, 0.25) is 5.02 Å². The first-order valence-electron chi connectivity index (χ1n) is 11.6. The lowest BCUT2D eigenvalue weighted by atomic mass is 10.1. The van der Waals surface area contributed by atoms with E-state index >= 15 is 0 Å². The number of carbonyl (C=O) groups excluding carboxylic acids is 1. The van der Waals surface area contributed by atoms with Gasteiger partial charge in [-0.25, -0.2) is 4.98 Å². The third-order valence-electron chi connectivity index (χ3n) is 5.55. The molecule has 8 heteroatoms. The monoisotopic (exact) mass is 499 g/mol. The van der Waals surface area contributed by atoms with Crippen molar-refractivity contribution in [3.8, 4) is 0 Å². The van der Waals surface area contributed by atoms with Crippen molar-refractivity contribution in [2.75, 3.05) is 38.6 Å². The number of nitrogens with zero attached hydrogens (tertiary/aromatic N) is 5. The van der Waals surface area contributed by atoms with Crippen LogP contribution in [0.3, 0.4) is 0 Å². The normalized spacial score (nSPS) is 11.3. The molecule has 34 heavy (non-hydrogen) atoms. The summed E-state index contributed by atoms with van der Waals surface area (Å²) in [4.78, 5) is 24.2. The third kappa shape index (κ3) is 8.08. The number of hydrogen-bond donors (Lipinski definition) is 0. The maximum atomic E-state index is 13.2. The molecule has 0 aliphatic rings. The molecule has 0 atom stereocenters. The number of carbonyl (C=O) groups is 1. The molecular weight excluding hydrogens is 466 g/mol. The van der Waals surface area contributed by atoms with E-state index in [1.807, 2.05) is 61.5 Å². The maximum absolute atomic E-state index is 13.2. The van der Waals surface area contributed by atoms with Crippen LogP contribution < -0.4 is 4.90 Å². The molecule has 0 fully saturated rings. The van der Waals surface area contributed by atoms with Gasteiger partial charge in [0.2, 0.25) is 11.0 Å². The topological polar surface area (TPSA) is 52.6 Å². The predicted octanol–water partition coefficient (Wildman–Crippen LogP) is 4.98. The van der Waals surface area contributed by atoms with Crippen molar-refractivity contribution >= 4 is 34.2 Å². The number of hydrogen-bond acceptors (Lipinski definition) is 6. The van der Waals surface area contributed by atoms with Gasteiger partial charge in [-0.1, -0.05) is 54.1 Å². The summed E-state index contributed by atoms with van der Waals surface area (Å²) in [7, 11) is 4.06. The standard InChI is InChI=1S/C26H34ClN5OS/c1-20(2)32(26-28-24(29-34-26)18-21-10-12-23(27)13-11-21)15-14-25(33)31(17-16-30(3)4)19-22-8-6-5-7-9-22/h5-13,20H,14-19H2,1-4H3. The lowest BCUT2D eigenvalue weighted by Crippen LogP contribution is -2.39. The molecule has 0 N–H and O–H groups in total. The van der Waals surface area contributed by atoms with Crippen LogP contribution in [0.4, 0.5) is 5.13 Å². The lowest BCUT2D eigenvalue weighted by molar-refractivity contribution is -0.131. The van der Waals surface area contributed by atoms with Gasteiger partial charge in [0.1, 0.15) is 5.82 Å². The number of halogens is 1. The Morgan fingerprint density at radius 1 is 0.971 bits per heavy atom. The molecule has 0 aliphatic carbocycles. The van der Waals surface area contributed by atoms with Crippen LogP contribution in [-0.4, -0.2) is 64.8 Å². The molecule has 6 nitrogen and oxygen atoms in total. The van der Waals surface area contributed by atoms with Crippen LogP contribution in [0.5, 0.6) is 0 Å². The van der Waals surface area contributed by atoms with Crippen LogP contribution in [0, 0.1) is 0 Å². The zero-order valence-corrected chi connectivity index (χ0v) is 22.0. The number of likely N-dealkylation sites (N-methyl/N-ethyl adjacent to an activating group) is 1. The number of amides is 1. The van der Waals surface area contributed by atoms with E-state index in [4.69, 9.17) is 16.6 Å². The van der Waals surface area contributed by atoms with E-state index in [0.29, 0.717) is 32.5 Å². The minimum atomic E-state index is 0.155. The second-order valence-corrected chi connectivity index (χ2v) is 10.1. The Morgan fingerprint density at radius 3 is 2.32 bits per heavy atom. The Bertz CT molecular complexity index is 1020. The summed E-state index contributed by atoms with van der Waals surface area (Å²) in [5.41, 5.74) is 2.27. The molecule has 0 spiro atoms. The SMILES string of the molecule is CC(C)N(CCC(=O)N(CCN(C)C)Cc1ccccc1)c1nc(Cc2ccc(Cl)cc2)ns1. The predicted molar refractivity (Wildman–Crippen MR) is 142 cm³/mol. The molecule has 182 valence electrons. The number of anilines is 1. The molecule has 1 amide bonds. The average molecular weight is 500 g/mol. The Hall–Kier alpha value is -2.48. The first kappa shape index (κ1) is 26.1.